The lowest BCUT2D eigenvalue weighted by atomic mass is 9.95. The molecule has 114 valence electrons. The molecule has 0 radical (unpaired) electrons. The molecule has 0 aliphatic carbocycles. The van der Waals surface area contributed by atoms with Crippen LogP contribution in [0.3, 0.4) is 0 Å². The molecule has 2 amide bonds. The highest BCUT2D eigenvalue weighted by Gasteiger charge is 2.40. The molecule has 0 spiro atoms. The van der Waals surface area contributed by atoms with E-state index in [4.69, 9.17) is 0 Å². The lowest BCUT2D eigenvalue weighted by molar-refractivity contribution is -0.158. The van der Waals surface area contributed by atoms with Gasteiger partial charge in [0.25, 0.3) is 0 Å². The van der Waals surface area contributed by atoms with Gasteiger partial charge in [-0.3, -0.25) is 9.59 Å². The zero-order valence-corrected chi connectivity index (χ0v) is 12.9. The fourth-order valence-electron chi connectivity index (χ4n) is 3.26. The Bertz CT molecular complexity index is 372. The average molecular weight is 281 g/mol. The summed E-state index contributed by atoms with van der Waals surface area (Å²) >= 11 is 0. The Morgan fingerprint density at radius 1 is 1.35 bits per heavy atom. The number of piperazine rings is 1. The van der Waals surface area contributed by atoms with E-state index in [0.29, 0.717) is 12.5 Å². The summed E-state index contributed by atoms with van der Waals surface area (Å²) in [5, 5.41) is 3.29. The first-order chi connectivity index (χ1) is 9.58. The third-order valence-corrected chi connectivity index (χ3v) is 4.86. The van der Waals surface area contributed by atoms with Gasteiger partial charge < -0.3 is 15.1 Å². The number of likely N-dealkylation sites (N-methyl/N-ethyl adjacent to an activating group) is 1. The van der Waals surface area contributed by atoms with Crippen LogP contribution in [0.15, 0.2) is 0 Å². The van der Waals surface area contributed by atoms with Crippen LogP contribution in [-0.4, -0.2) is 60.4 Å². The number of hydrogen-bond donors (Lipinski definition) is 1. The second-order valence-electron chi connectivity index (χ2n) is 6.10. The van der Waals surface area contributed by atoms with Gasteiger partial charge in [0.1, 0.15) is 6.04 Å². The molecule has 2 fully saturated rings. The topological polar surface area (TPSA) is 52.7 Å². The van der Waals surface area contributed by atoms with Gasteiger partial charge in [-0.2, -0.15) is 0 Å². The number of carbonyl (C=O) groups is 2. The summed E-state index contributed by atoms with van der Waals surface area (Å²) < 4.78 is 0. The molecule has 0 saturated carbocycles. The normalized spacial score (nSPS) is 26.4. The summed E-state index contributed by atoms with van der Waals surface area (Å²) in [4.78, 5) is 28.3. The fraction of sp³-hybridized carbons (Fsp3) is 0.867. The highest BCUT2D eigenvalue weighted by molar-refractivity contribution is 5.95. The van der Waals surface area contributed by atoms with Gasteiger partial charge in [0, 0.05) is 19.1 Å². The van der Waals surface area contributed by atoms with Crippen molar-refractivity contribution in [3.05, 3.63) is 0 Å². The Balaban J connectivity index is 2.05. The molecule has 5 heteroatoms. The van der Waals surface area contributed by atoms with Crippen molar-refractivity contribution in [2.45, 2.75) is 51.6 Å². The second kappa shape index (κ2) is 6.57. The van der Waals surface area contributed by atoms with Gasteiger partial charge in [-0.1, -0.05) is 20.3 Å². The molecule has 2 heterocycles. The molecule has 5 nitrogen and oxygen atoms in total. The molecule has 20 heavy (non-hydrogen) atoms. The Kier molecular flexibility index (Phi) is 5.02. The van der Waals surface area contributed by atoms with Crippen molar-refractivity contribution < 1.29 is 9.59 Å². The largest absolute Gasteiger partial charge is 0.330 e. The van der Waals surface area contributed by atoms with E-state index < -0.39 is 0 Å². The minimum Gasteiger partial charge on any atom is -0.330 e. The zero-order valence-electron chi connectivity index (χ0n) is 12.9. The van der Waals surface area contributed by atoms with E-state index in [1.807, 2.05) is 7.05 Å². The summed E-state index contributed by atoms with van der Waals surface area (Å²) in [5.41, 5.74) is 0. The SMILES string of the molecule is CCC(C)C(CN1CC(=O)N2CCCCC2C1=O)NC. The maximum Gasteiger partial charge on any atom is 0.245 e. The fourth-order valence-corrected chi connectivity index (χ4v) is 3.26. The molecule has 0 bridgehead atoms. The Morgan fingerprint density at radius 3 is 2.75 bits per heavy atom. The molecular formula is C15H27N3O2. The third-order valence-electron chi connectivity index (χ3n) is 4.86. The molecule has 2 aliphatic rings. The average Bonchev–Trinajstić information content (AvgIpc) is 2.48. The number of hydrogen-bond acceptors (Lipinski definition) is 3. The van der Waals surface area contributed by atoms with Crippen molar-refractivity contribution in [2.75, 3.05) is 26.7 Å². The van der Waals surface area contributed by atoms with Crippen LogP contribution in [0.25, 0.3) is 0 Å². The van der Waals surface area contributed by atoms with E-state index in [2.05, 4.69) is 19.2 Å². The van der Waals surface area contributed by atoms with Gasteiger partial charge in [0.2, 0.25) is 11.8 Å². The van der Waals surface area contributed by atoms with Gasteiger partial charge in [-0.25, -0.2) is 0 Å². The van der Waals surface area contributed by atoms with Crippen molar-refractivity contribution in [3.8, 4) is 0 Å². The number of fused-ring (bicyclic) bond motifs is 1. The quantitative estimate of drug-likeness (QED) is 0.812. The van der Waals surface area contributed by atoms with E-state index in [-0.39, 0.29) is 30.4 Å². The summed E-state index contributed by atoms with van der Waals surface area (Å²) in [6.07, 6.45) is 3.97. The number of amides is 2. The van der Waals surface area contributed by atoms with Gasteiger partial charge >= 0.3 is 0 Å². The van der Waals surface area contributed by atoms with Crippen molar-refractivity contribution >= 4 is 11.8 Å². The van der Waals surface area contributed by atoms with Crippen molar-refractivity contribution in [3.63, 3.8) is 0 Å². The zero-order chi connectivity index (χ0) is 14.7. The first kappa shape index (κ1) is 15.3. The number of piperidine rings is 1. The van der Waals surface area contributed by atoms with E-state index in [0.717, 1.165) is 32.2 Å². The predicted molar refractivity (Wildman–Crippen MR) is 78.2 cm³/mol. The number of rotatable bonds is 5. The van der Waals surface area contributed by atoms with Gasteiger partial charge in [-0.15, -0.1) is 0 Å². The molecule has 0 aromatic rings. The summed E-state index contributed by atoms with van der Waals surface area (Å²) in [7, 11) is 1.93. The molecule has 1 N–H and O–H groups in total. The van der Waals surface area contributed by atoms with Crippen LogP contribution in [0.4, 0.5) is 0 Å². The molecule has 3 unspecified atom stereocenters. The van der Waals surface area contributed by atoms with Crippen molar-refractivity contribution in [1.29, 1.82) is 0 Å². The highest BCUT2D eigenvalue weighted by atomic mass is 16.2. The smallest absolute Gasteiger partial charge is 0.245 e. The van der Waals surface area contributed by atoms with Crippen LogP contribution in [0.2, 0.25) is 0 Å². The van der Waals surface area contributed by atoms with Gasteiger partial charge in [0.15, 0.2) is 0 Å². The molecular weight excluding hydrogens is 254 g/mol. The molecule has 0 aromatic carbocycles. The van der Waals surface area contributed by atoms with Crippen LogP contribution in [0, 0.1) is 5.92 Å². The van der Waals surface area contributed by atoms with Gasteiger partial charge in [-0.05, 0) is 32.2 Å². The Labute approximate surface area is 121 Å². The van der Waals surface area contributed by atoms with Crippen LogP contribution in [-0.2, 0) is 9.59 Å². The van der Waals surface area contributed by atoms with Crippen LogP contribution < -0.4 is 5.32 Å². The second-order valence-corrected chi connectivity index (χ2v) is 6.10. The molecule has 3 atom stereocenters. The summed E-state index contributed by atoms with van der Waals surface area (Å²) in [6.45, 7) is 5.99. The van der Waals surface area contributed by atoms with Crippen molar-refractivity contribution in [2.24, 2.45) is 5.92 Å². The highest BCUT2D eigenvalue weighted by Crippen LogP contribution is 2.23. The standard InChI is InChI=1S/C15H27N3O2/c1-4-11(2)12(16-3)9-17-10-14(19)18-8-6-5-7-13(18)15(17)20/h11-13,16H,4-10H2,1-3H3. The van der Waals surface area contributed by atoms with E-state index in [9.17, 15) is 9.59 Å². The van der Waals surface area contributed by atoms with E-state index in [1.165, 1.54) is 0 Å². The Hall–Kier alpha value is -1.10. The minimum atomic E-state index is -0.195. The van der Waals surface area contributed by atoms with Gasteiger partial charge in [0.05, 0.1) is 6.54 Å². The number of nitrogens with one attached hydrogen (secondary N) is 1. The maximum atomic E-state index is 12.6. The van der Waals surface area contributed by atoms with Crippen molar-refractivity contribution in [1.82, 2.24) is 15.1 Å². The monoisotopic (exact) mass is 281 g/mol. The maximum absolute atomic E-state index is 12.6. The first-order valence-corrected chi connectivity index (χ1v) is 7.84. The Morgan fingerprint density at radius 2 is 2.10 bits per heavy atom. The van der Waals surface area contributed by atoms with Crippen LogP contribution in [0.1, 0.15) is 39.5 Å². The van der Waals surface area contributed by atoms with E-state index in [1.54, 1.807) is 9.80 Å². The lowest BCUT2D eigenvalue weighted by Crippen LogP contribution is -2.63. The molecule has 2 rings (SSSR count). The van der Waals surface area contributed by atoms with Crippen LogP contribution in [0.5, 0.6) is 0 Å². The lowest BCUT2D eigenvalue weighted by Gasteiger charge is -2.44. The molecule has 0 aromatic heterocycles. The minimum absolute atomic E-state index is 0.119. The third kappa shape index (κ3) is 2.97. The number of carbonyl (C=O) groups excluding carboxylic acids is 2. The number of nitrogens with zero attached hydrogens (tertiary/aromatic N) is 2. The summed E-state index contributed by atoms with van der Waals surface area (Å²) in [5.74, 6) is 0.758. The predicted octanol–water partition coefficient (Wildman–Crippen LogP) is 0.844. The van der Waals surface area contributed by atoms with E-state index >= 15 is 0 Å². The molecule has 2 aliphatic heterocycles. The van der Waals surface area contributed by atoms with Crippen LogP contribution >= 0.6 is 0 Å². The summed E-state index contributed by atoms with van der Waals surface area (Å²) in [6, 6.07) is 0.0614. The molecule has 2 saturated heterocycles. The first-order valence-electron chi connectivity index (χ1n) is 7.84.